The summed E-state index contributed by atoms with van der Waals surface area (Å²) in [5.41, 5.74) is 0. The van der Waals surface area contributed by atoms with Crippen LogP contribution in [0.25, 0.3) is 4.65 Å². The Balaban J connectivity index is 0. The first-order valence-electron chi connectivity index (χ1n) is 4.92. The SMILES string of the molecule is C[Si](C)(C)[N-][Si](C)(C)C.[Li+].c1ccoc1. The van der Waals surface area contributed by atoms with Crippen molar-refractivity contribution >= 4 is 16.5 Å². The molecule has 2 nitrogen and oxygen atoms in total. The fourth-order valence-electron chi connectivity index (χ4n) is 1.23. The Labute approximate surface area is 108 Å². The molecule has 0 aliphatic rings. The molecule has 0 N–H and O–H groups in total. The Hall–Kier alpha value is 0.271. The summed E-state index contributed by atoms with van der Waals surface area (Å²) in [5, 5.41) is 0. The van der Waals surface area contributed by atoms with Gasteiger partial charge in [-0.1, -0.05) is 55.8 Å². The summed E-state index contributed by atoms with van der Waals surface area (Å²) in [4.78, 5) is 0. The fraction of sp³-hybridized carbons (Fsp3) is 0.600. The van der Waals surface area contributed by atoms with Crippen LogP contribution in [0, 0.1) is 0 Å². The van der Waals surface area contributed by atoms with Gasteiger partial charge in [0, 0.05) is 0 Å². The predicted molar refractivity (Wildman–Crippen MR) is 68.8 cm³/mol. The first-order valence-corrected chi connectivity index (χ1v) is 11.8. The second-order valence-electron chi connectivity index (χ2n) is 5.25. The van der Waals surface area contributed by atoms with E-state index in [9.17, 15) is 0 Å². The van der Waals surface area contributed by atoms with Crippen molar-refractivity contribution in [3.8, 4) is 0 Å². The number of nitrogens with zero attached hydrogens (tertiary/aromatic N) is 1. The average Bonchev–Trinajstić information content (AvgIpc) is 2.29. The minimum Gasteiger partial charge on any atom is -0.668 e. The van der Waals surface area contributed by atoms with Crippen molar-refractivity contribution < 1.29 is 23.3 Å². The van der Waals surface area contributed by atoms with Crippen LogP contribution < -0.4 is 18.9 Å². The first-order chi connectivity index (χ1) is 6.21. The van der Waals surface area contributed by atoms with Crippen molar-refractivity contribution in [2.75, 3.05) is 0 Å². The van der Waals surface area contributed by atoms with E-state index in [2.05, 4.69) is 43.7 Å². The second-order valence-corrected chi connectivity index (χ2v) is 14.8. The smallest absolute Gasteiger partial charge is 0.668 e. The Bertz CT molecular complexity index is 197. The summed E-state index contributed by atoms with van der Waals surface area (Å²) in [6.07, 6.45) is 3.25. The van der Waals surface area contributed by atoms with Gasteiger partial charge in [-0.3, -0.25) is 0 Å². The van der Waals surface area contributed by atoms with Crippen LogP contribution in [0.15, 0.2) is 29.1 Å². The Kier molecular flexibility index (Phi) is 8.86. The van der Waals surface area contributed by atoms with Gasteiger partial charge in [0.1, 0.15) is 0 Å². The quantitative estimate of drug-likeness (QED) is 0.710. The molecule has 0 aromatic carbocycles. The van der Waals surface area contributed by atoms with Crippen molar-refractivity contribution in [3.63, 3.8) is 0 Å². The number of hydrogen-bond donors (Lipinski definition) is 0. The molecule has 0 saturated heterocycles. The first kappa shape index (κ1) is 17.7. The van der Waals surface area contributed by atoms with Crippen molar-refractivity contribution in [2.45, 2.75) is 39.3 Å². The van der Waals surface area contributed by atoms with Gasteiger partial charge in [0.25, 0.3) is 0 Å². The summed E-state index contributed by atoms with van der Waals surface area (Å²) in [6, 6.07) is 3.67. The molecule has 5 heteroatoms. The molecule has 0 unspecified atom stereocenters. The molecule has 1 aromatic heterocycles. The summed E-state index contributed by atoms with van der Waals surface area (Å²) in [6.45, 7) is 13.8. The van der Waals surface area contributed by atoms with Gasteiger partial charge in [-0.05, 0) is 12.1 Å². The average molecular weight is 235 g/mol. The van der Waals surface area contributed by atoms with Gasteiger partial charge in [-0.25, -0.2) is 0 Å². The zero-order valence-electron chi connectivity index (χ0n) is 11.2. The van der Waals surface area contributed by atoms with Crippen molar-refractivity contribution in [2.24, 2.45) is 0 Å². The second kappa shape index (κ2) is 7.53. The van der Waals surface area contributed by atoms with Gasteiger partial charge in [-0.15, -0.1) is 0 Å². The fourth-order valence-corrected chi connectivity index (χ4v) is 9.28. The maximum atomic E-state index is 4.82. The molecule has 0 bridgehead atoms. The van der Waals surface area contributed by atoms with E-state index in [4.69, 9.17) is 4.65 Å². The standard InChI is InChI=1S/C6H18NSi2.C4H4O.Li/c1-8(2,3)7-9(4,5)6;1-2-4-5-3-1;/h1-6H3;1-4H;/q-1;;+1. The molecule has 1 heterocycles. The van der Waals surface area contributed by atoms with Gasteiger partial charge in [-0.2, -0.15) is 0 Å². The Morgan fingerprint density at radius 1 is 0.800 bits per heavy atom. The molecule has 0 amide bonds. The Morgan fingerprint density at radius 3 is 1.20 bits per heavy atom. The Morgan fingerprint density at radius 2 is 1.13 bits per heavy atom. The summed E-state index contributed by atoms with van der Waals surface area (Å²) in [5.74, 6) is 0. The molecular formula is C10H22LiNOSi2. The molecule has 0 fully saturated rings. The molecule has 0 spiro atoms. The maximum Gasteiger partial charge on any atom is 1.00 e. The van der Waals surface area contributed by atoms with Gasteiger partial charge in [0.15, 0.2) is 0 Å². The van der Waals surface area contributed by atoms with Crippen LogP contribution in [-0.4, -0.2) is 16.5 Å². The summed E-state index contributed by atoms with van der Waals surface area (Å²) < 4.78 is 9.40. The molecule has 15 heavy (non-hydrogen) atoms. The van der Waals surface area contributed by atoms with E-state index in [0.717, 1.165) is 0 Å². The van der Waals surface area contributed by atoms with E-state index in [1.165, 1.54) is 0 Å². The van der Waals surface area contributed by atoms with Crippen LogP contribution in [0.1, 0.15) is 0 Å². The third-order valence-corrected chi connectivity index (χ3v) is 6.46. The minimum atomic E-state index is -1.11. The monoisotopic (exact) mass is 235 g/mol. The van der Waals surface area contributed by atoms with Crippen molar-refractivity contribution in [1.82, 2.24) is 0 Å². The third kappa shape index (κ3) is 16.9. The molecule has 82 valence electrons. The zero-order chi connectivity index (χ0) is 11.2. The van der Waals surface area contributed by atoms with Gasteiger partial charge in [0.05, 0.1) is 12.5 Å². The topological polar surface area (TPSA) is 27.2 Å². The number of rotatable bonds is 2. The van der Waals surface area contributed by atoms with Crippen molar-refractivity contribution in [1.29, 1.82) is 0 Å². The zero-order valence-corrected chi connectivity index (χ0v) is 13.2. The van der Waals surface area contributed by atoms with E-state index in [1.54, 1.807) is 12.5 Å². The van der Waals surface area contributed by atoms with Gasteiger partial charge >= 0.3 is 18.9 Å². The molecule has 1 rings (SSSR count). The molecule has 0 radical (unpaired) electrons. The molecule has 0 saturated carbocycles. The largest absolute Gasteiger partial charge is 1.00 e. The van der Waals surface area contributed by atoms with Crippen LogP contribution >= 0.6 is 0 Å². The number of furan rings is 1. The van der Waals surface area contributed by atoms with Crippen LogP contribution in [0.5, 0.6) is 0 Å². The van der Waals surface area contributed by atoms with E-state index in [1.807, 2.05) is 12.1 Å². The summed E-state index contributed by atoms with van der Waals surface area (Å²) in [7, 11) is -2.21. The van der Waals surface area contributed by atoms with E-state index in [0.29, 0.717) is 0 Å². The van der Waals surface area contributed by atoms with Crippen LogP contribution in [0.4, 0.5) is 0 Å². The van der Waals surface area contributed by atoms with Crippen LogP contribution in [-0.2, 0) is 0 Å². The number of hydrogen-bond acceptors (Lipinski definition) is 1. The third-order valence-electron chi connectivity index (χ3n) is 1.10. The minimum absolute atomic E-state index is 0. The molecule has 0 aliphatic heterocycles. The summed E-state index contributed by atoms with van der Waals surface area (Å²) >= 11 is 0. The normalized spacial score (nSPS) is 11.1. The van der Waals surface area contributed by atoms with E-state index < -0.39 is 16.5 Å². The molecule has 0 aliphatic carbocycles. The predicted octanol–water partition coefficient (Wildman–Crippen LogP) is 1.31. The van der Waals surface area contributed by atoms with Crippen LogP contribution in [0.3, 0.4) is 0 Å². The maximum absolute atomic E-state index is 4.82. The molecule has 0 atom stereocenters. The van der Waals surface area contributed by atoms with E-state index >= 15 is 0 Å². The molecule has 1 aromatic rings. The van der Waals surface area contributed by atoms with Crippen molar-refractivity contribution in [3.05, 3.63) is 29.3 Å². The van der Waals surface area contributed by atoms with E-state index in [-0.39, 0.29) is 18.9 Å². The molecular weight excluding hydrogens is 213 g/mol. The van der Waals surface area contributed by atoms with Crippen LogP contribution in [0.2, 0.25) is 39.3 Å². The van der Waals surface area contributed by atoms with Gasteiger partial charge in [0.2, 0.25) is 0 Å². The van der Waals surface area contributed by atoms with Gasteiger partial charge < -0.3 is 9.07 Å².